The van der Waals surface area contributed by atoms with Gasteiger partial charge in [0.1, 0.15) is 5.65 Å². The minimum absolute atomic E-state index is 0.0586. The molecule has 0 radical (unpaired) electrons. The topological polar surface area (TPSA) is 46.4 Å². The van der Waals surface area contributed by atoms with Gasteiger partial charge in [0.25, 0.3) is 0 Å². The molecule has 0 saturated heterocycles. The van der Waals surface area contributed by atoms with Crippen LogP contribution >= 0.6 is 0 Å². The summed E-state index contributed by atoms with van der Waals surface area (Å²) in [6.45, 7) is 6.11. The Hall–Kier alpha value is -2.62. The molecule has 0 aliphatic heterocycles. The lowest BCUT2D eigenvalue weighted by molar-refractivity contribution is -0.120. The van der Waals surface area contributed by atoms with Crippen LogP contribution in [0, 0.1) is 12.8 Å². The van der Waals surface area contributed by atoms with Gasteiger partial charge in [0.05, 0.1) is 5.69 Å². The number of rotatable bonds is 5. The summed E-state index contributed by atoms with van der Waals surface area (Å²) in [5.41, 5.74) is 4.74. The van der Waals surface area contributed by atoms with Gasteiger partial charge in [-0.3, -0.25) is 4.79 Å². The number of benzene rings is 1. The number of nitrogens with one attached hydrogen (secondary N) is 1. The van der Waals surface area contributed by atoms with Gasteiger partial charge in [-0.1, -0.05) is 32.0 Å². The molecule has 0 unspecified atom stereocenters. The Morgan fingerprint density at radius 1 is 1.21 bits per heavy atom. The highest BCUT2D eigenvalue weighted by molar-refractivity contribution is 5.94. The van der Waals surface area contributed by atoms with Crippen LogP contribution in [-0.2, 0) is 4.79 Å². The SMILES string of the molecule is CCC(CC)C(=O)Nc1cc(-c2cn3ccccc3n2)ccc1C. The summed E-state index contributed by atoms with van der Waals surface area (Å²) < 4.78 is 2.00. The fourth-order valence-corrected chi connectivity index (χ4v) is 2.88. The third-order valence-corrected chi connectivity index (χ3v) is 4.51. The number of carbonyl (C=O) groups excluding carboxylic acids is 1. The van der Waals surface area contributed by atoms with Crippen LogP contribution in [-0.4, -0.2) is 15.3 Å². The van der Waals surface area contributed by atoms with E-state index in [0.29, 0.717) is 0 Å². The van der Waals surface area contributed by atoms with Crippen LogP contribution in [0.3, 0.4) is 0 Å². The largest absolute Gasteiger partial charge is 0.326 e. The Labute approximate surface area is 142 Å². The molecule has 2 heterocycles. The maximum absolute atomic E-state index is 12.4. The van der Waals surface area contributed by atoms with E-state index in [9.17, 15) is 4.79 Å². The van der Waals surface area contributed by atoms with Crippen molar-refractivity contribution in [2.45, 2.75) is 33.6 Å². The first-order valence-electron chi connectivity index (χ1n) is 8.48. The van der Waals surface area contributed by atoms with Crippen LogP contribution in [0.5, 0.6) is 0 Å². The lowest BCUT2D eigenvalue weighted by Crippen LogP contribution is -2.22. The Bertz CT molecular complexity index is 829. The number of carbonyl (C=O) groups is 1. The van der Waals surface area contributed by atoms with Crippen molar-refractivity contribution in [3.05, 3.63) is 54.4 Å². The first kappa shape index (κ1) is 16.2. The fourth-order valence-electron chi connectivity index (χ4n) is 2.88. The van der Waals surface area contributed by atoms with Crippen molar-refractivity contribution in [1.82, 2.24) is 9.38 Å². The number of aryl methyl sites for hydroxylation is 1. The number of hydrogen-bond donors (Lipinski definition) is 1. The van der Waals surface area contributed by atoms with E-state index in [-0.39, 0.29) is 11.8 Å². The van der Waals surface area contributed by atoms with Gasteiger partial charge in [-0.25, -0.2) is 4.98 Å². The van der Waals surface area contributed by atoms with Crippen LogP contribution in [0.25, 0.3) is 16.9 Å². The van der Waals surface area contributed by atoms with Crippen LogP contribution < -0.4 is 5.32 Å². The normalized spacial score (nSPS) is 11.2. The smallest absolute Gasteiger partial charge is 0.227 e. The van der Waals surface area contributed by atoms with Gasteiger partial charge in [0.15, 0.2) is 0 Å². The molecule has 0 bridgehead atoms. The number of hydrogen-bond acceptors (Lipinski definition) is 2. The van der Waals surface area contributed by atoms with E-state index in [1.54, 1.807) is 0 Å². The molecule has 0 spiro atoms. The third-order valence-electron chi connectivity index (χ3n) is 4.51. The van der Waals surface area contributed by atoms with Crippen molar-refractivity contribution in [1.29, 1.82) is 0 Å². The van der Waals surface area contributed by atoms with Gasteiger partial charge < -0.3 is 9.72 Å². The number of fused-ring (bicyclic) bond motifs is 1. The summed E-state index contributed by atoms with van der Waals surface area (Å²) in [6, 6.07) is 12.0. The quantitative estimate of drug-likeness (QED) is 0.741. The zero-order valence-corrected chi connectivity index (χ0v) is 14.4. The molecule has 0 aliphatic rings. The van der Waals surface area contributed by atoms with Crippen LogP contribution in [0.2, 0.25) is 0 Å². The van der Waals surface area contributed by atoms with Crippen molar-refractivity contribution in [3.8, 4) is 11.3 Å². The number of amides is 1. The fraction of sp³-hybridized carbons (Fsp3) is 0.300. The molecular weight excluding hydrogens is 298 g/mol. The van der Waals surface area contributed by atoms with E-state index in [2.05, 4.69) is 10.3 Å². The lowest BCUT2D eigenvalue weighted by atomic mass is 10.0. The second kappa shape index (κ2) is 6.87. The number of pyridine rings is 1. The Balaban J connectivity index is 1.92. The predicted molar refractivity (Wildman–Crippen MR) is 98.1 cm³/mol. The van der Waals surface area contributed by atoms with E-state index in [4.69, 9.17) is 0 Å². The molecule has 1 N–H and O–H groups in total. The summed E-state index contributed by atoms with van der Waals surface area (Å²) >= 11 is 0. The molecule has 0 fully saturated rings. The van der Waals surface area contributed by atoms with Crippen LogP contribution in [0.1, 0.15) is 32.3 Å². The predicted octanol–water partition coefficient (Wildman–Crippen LogP) is 4.68. The van der Waals surface area contributed by atoms with Gasteiger partial charge in [0, 0.05) is 29.6 Å². The minimum Gasteiger partial charge on any atom is -0.326 e. The van der Waals surface area contributed by atoms with E-state index in [1.807, 2.05) is 74.0 Å². The maximum Gasteiger partial charge on any atom is 0.227 e. The van der Waals surface area contributed by atoms with Crippen LogP contribution in [0.15, 0.2) is 48.8 Å². The van der Waals surface area contributed by atoms with E-state index < -0.39 is 0 Å². The summed E-state index contributed by atoms with van der Waals surface area (Å²) in [6.07, 6.45) is 5.70. The van der Waals surface area contributed by atoms with Gasteiger partial charge in [-0.05, 0) is 43.5 Å². The average Bonchev–Trinajstić information content (AvgIpc) is 3.02. The van der Waals surface area contributed by atoms with Gasteiger partial charge in [-0.2, -0.15) is 0 Å². The first-order chi connectivity index (χ1) is 11.6. The number of imidazole rings is 1. The number of anilines is 1. The molecule has 3 aromatic rings. The third kappa shape index (κ3) is 3.18. The van der Waals surface area contributed by atoms with Crippen molar-refractivity contribution in [3.63, 3.8) is 0 Å². The molecule has 0 aliphatic carbocycles. The molecule has 1 amide bonds. The second-order valence-corrected chi connectivity index (χ2v) is 6.12. The maximum atomic E-state index is 12.4. The van der Waals surface area contributed by atoms with Gasteiger partial charge >= 0.3 is 0 Å². The molecule has 4 nitrogen and oxygen atoms in total. The molecule has 0 saturated carbocycles. The average molecular weight is 321 g/mol. The molecule has 4 heteroatoms. The Morgan fingerprint density at radius 2 is 2.00 bits per heavy atom. The number of nitrogens with zero attached hydrogens (tertiary/aromatic N) is 2. The molecular formula is C20H23N3O. The van der Waals surface area contributed by atoms with E-state index >= 15 is 0 Å². The van der Waals surface area contributed by atoms with Gasteiger partial charge in [-0.15, -0.1) is 0 Å². The molecule has 124 valence electrons. The lowest BCUT2D eigenvalue weighted by Gasteiger charge is -2.15. The number of aromatic nitrogens is 2. The molecule has 1 aromatic carbocycles. The zero-order chi connectivity index (χ0) is 17.1. The summed E-state index contributed by atoms with van der Waals surface area (Å²) in [4.78, 5) is 17.0. The highest BCUT2D eigenvalue weighted by Gasteiger charge is 2.15. The summed E-state index contributed by atoms with van der Waals surface area (Å²) in [5, 5.41) is 3.08. The monoisotopic (exact) mass is 321 g/mol. The van der Waals surface area contributed by atoms with Gasteiger partial charge in [0.2, 0.25) is 5.91 Å². The first-order valence-corrected chi connectivity index (χ1v) is 8.48. The van der Waals surface area contributed by atoms with Crippen molar-refractivity contribution < 1.29 is 4.79 Å². The van der Waals surface area contributed by atoms with Crippen LogP contribution in [0.4, 0.5) is 5.69 Å². The molecule has 3 rings (SSSR count). The van der Waals surface area contributed by atoms with Crippen molar-refractivity contribution in [2.75, 3.05) is 5.32 Å². The summed E-state index contributed by atoms with van der Waals surface area (Å²) in [5.74, 6) is 0.151. The highest BCUT2D eigenvalue weighted by atomic mass is 16.1. The van der Waals surface area contributed by atoms with Crippen molar-refractivity contribution >= 4 is 17.2 Å². The molecule has 0 atom stereocenters. The molecule has 24 heavy (non-hydrogen) atoms. The second-order valence-electron chi connectivity index (χ2n) is 6.12. The molecule has 2 aromatic heterocycles. The summed E-state index contributed by atoms with van der Waals surface area (Å²) in [7, 11) is 0. The van der Waals surface area contributed by atoms with Crippen molar-refractivity contribution in [2.24, 2.45) is 5.92 Å². The Kier molecular flexibility index (Phi) is 4.65. The minimum atomic E-state index is 0.0586. The zero-order valence-electron chi connectivity index (χ0n) is 14.4. The standard InChI is InChI=1S/C20H23N3O/c1-4-15(5-2)20(24)22-17-12-16(10-9-14(17)3)18-13-23-11-7-6-8-19(23)21-18/h6-13,15H,4-5H2,1-3H3,(H,22,24). The Morgan fingerprint density at radius 3 is 2.71 bits per heavy atom. The van der Waals surface area contributed by atoms with E-state index in [0.717, 1.165) is 41.0 Å². The van der Waals surface area contributed by atoms with E-state index in [1.165, 1.54) is 0 Å². The highest BCUT2D eigenvalue weighted by Crippen LogP contribution is 2.26.